The molecule has 0 bridgehead atoms. The average Bonchev–Trinajstić information content (AvgIpc) is 2.79. The van der Waals surface area contributed by atoms with Crippen LogP contribution in [0.1, 0.15) is 15.9 Å². The zero-order chi connectivity index (χ0) is 18.5. The van der Waals surface area contributed by atoms with Crippen molar-refractivity contribution in [3.05, 3.63) is 65.5 Å². The number of para-hydroxylation sites is 1. The van der Waals surface area contributed by atoms with Gasteiger partial charge < -0.3 is 10.2 Å². The van der Waals surface area contributed by atoms with Gasteiger partial charge in [0, 0.05) is 17.8 Å². The number of nitrogens with one attached hydrogen (secondary N) is 3. The molecule has 3 rings (SSSR count). The largest absolute Gasteiger partial charge is 0.376 e. The van der Waals surface area contributed by atoms with Gasteiger partial charge in [0.1, 0.15) is 12.4 Å². The molecule has 134 valence electrons. The summed E-state index contributed by atoms with van der Waals surface area (Å²) in [6, 6.07) is 12.5. The lowest BCUT2D eigenvalue weighted by Gasteiger charge is -2.20. The van der Waals surface area contributed by atoms with Crippen LogP contribution in [0.5, 0.6) is 0 Å². The first-order chi connectivity index (χ1) is 12.5. The van der Waals surface area contributed by atoms with Crippen molar-refractivity contribution in [1.29, 1.82) is 0 Å². The predicted molar refractivity (Wildman–Crippen MR) is 92.4 cm³/mol. The minimum atomic E-state index is -0.646. The van der Waals surface area contributed by atoms with Gasteiger partial charge >= 0.3 is 0 Å². The molecule has 8 heteroatoms. The number of carbonyl (C=O) groups is 3. The number of anilines is 1. The summed E-state index contributed by atoms with van der Waals surface area (Å²) < 4.78 is 13.1. The number of fused-ring (bicyclic) bond motifs is 1. The van der Waals surface area contributed by atoms with E-state index in [0.29, 0.717) is 0 Å². The van der Waals surface area contributed by atoms with E-state index >= 15 is 0 Å². The molecule has 0 aliphatic carbocycles. The minimum Gasteiger partial charge on any atom is -0.376 e. The second-order valence-corrected chi connectivity index (χ2v) is 5.77. The molecule has 26 heavy (non-hydrogen) atoms. The van der Waals surface area contributed by atoms with Crippen molar-refractivity contribution in [1.82, 2.24) is 15.8 Å². The van der Waals surface area contributed by atoms with E-state index in [1.807, 2.05) is 24.3 Å². The van der Waals surface area contributed by atoms with Crippen LogP contribution in [0.3, 0.4) is 0 Å². The van der Waals surface area contributed by atoms with Crippen molar-refractivity contribution in [2.45, 2.75) is 6.54 Å². The monoisotopic (exact) mass is 356 g/mol. The number of benzene rings is 2. The number of amides is 3. The highest BCUT2D eigenvalue weighted by Gasteiger charge is 2.22. The fourth-order valence-corrected chi connectivity index (χ4v) is 2.59. The van der Waals surface area contributed by atoms with Crippen molar-refractivity contribution >= 4 is 23.4 Å². The van der Waals surface area contributed by atoms with Gasteiger partial charge in [-0.2, -0.15) is 0 Å². The van der Waals surface area contributed by atoms with Crippen LogP contribution in [-0.4, -0.2) is 35.7 Å². The van der Waals surface area contributed by atoms with Gasteiger partial charge in [-0.3, -0.25) is 25.2 Å². The quantitative estimate of drug-likeness (QED) is 0.717. The smallest absolute Gasteiger partial charge is 0.269 e. The maximum absolute atomic E-state index is 13.1. The maximum atomic E-state index is 13.1. The van der Waals surface area contributed by atoms with Crippen LogP contribution in [-0.2, 0) is 16.1 Å². The van der Waals surface area contributed by atoms with Crippen LogP contribution in [0.15, 0.2) is 48.5 Å². The molecule has 1 aliphatic rings. The number of nitrogens with zero attached hydrogens (tertiary/aromatic N) is 1. The van der Waals surface area contributed by atoms with E-state index < -0.39 is 17.6 Å². The van der Waals surface area contributed by atoms with Gasteiger partial charge in [-0.15, -0.1) is 0 Å². The fraction of sp³-hybridized carbons (Fsp3) is 0.167. The molecule has 0 radical (unpaired) electrons. The van der Waals surface area contributed by atoms with Gasteiger partial charge in [-0.25, -0.2) is 4.39 Å². The molecule has 0 atom stereocenters. The Morgan fingerprint density at radius 2 is 1.92 bits per heavy atom. The van der Waals surface area contributed by atoms with Crippen LogP contribution >= 0.6 is 0 Å². The van der Waals surface area contributed by atoms with Crippen LogP contribution < -0.4 is 16.2 Å². The second kappa shape index (κ2) is 7.64. The first-order valence-corrected chi connectivity index (χ1v) is 7.97. The zero-order valence-electron chi connectivity index (χ0n) is 13.8. The lowest BCUT2D eigenvalue weighted by atomic mass is 10.2. The highest BCUT2D eigenvalue weighted by molar-refractivity contribution is 5.96. The molecule has 0 unspecified atom stereocenters. The highest BCUT2D eigenvalue weighted by Crippen LogP contribution is 2.19. The molecule has 7 nitrogen and oxygen atoms in total. The van der Waals surface area contributed by atoms with Crippen LogP contribution in [0.2, 0.25) is 0 Å². The van der Waals surface area contributed by atoms with Crippen molar-refractivity contribution in [3.8, 4) is 0 Å². The molecular formula is C18H17FN4O3. The second-order valence-electron chi connectivity index (χ2n) is 5.77. The summed E-state index contributed by atoms with van der Waals surface area (Å²) >= 11 is 0. The van der Waals surface area contributed by atoms with E-state index in [4.69, 9.17) is 0 Å². The molecule has 1 heterocycles. The minimum absolute atomic E-state index is 0.0780. The molecule has 0 spiro atoms. The summed E-state index contributed by atoms with van der Waals surface area (Å²) in [5, 5.41) is 3.03. The van der Waals surface area contributed by atoms with Crippen molar-refractivity contribution in [3.63, 3.8) is 0 Å². The Hall–Kier alpha value is -3.42. The third-order valence-corrected chi connectivity index (χ3v) is 3.90. The molecule has 2 aromatic carbocycles. The number of hydrogen-bond acceptors (Lipinski definition) is 4. The zero-order valence-corrected chi connectivity index (χ0v) is 13.8. The third kappa shape index (κ3) is 4.15. The van der Waals surface area contributed by atoms with E-state index in [1.54, 1.807) is 0 Å². The molecule has 0 fully saturated rings. The van der Waals surface area contributed by atoms with Gasteiger partial charge in [0.05, 0.1) is 6.54 Å². The third-order valence-electron chi connectivity index (χ3n) is 3.90. The van der Waals surface area contributed by atoms with E-state index in [2.05, 4.69) is 16.2 Å². The summed E-state index contributed by atoms with van der Waals surface area (Å²) in [7, 11) is 0. The average molecular weight is 356 g/mol. The Balaban J connectivity index is 1.57. The van der Waals surface area contributed by atoms with Gasteiger partial charge in [0.2, 0.25) is 5.91 Å². The molecule has 0 saturated heterocycles. The van der Waals surface area contributed by atoms with E-state index in [9.17, 15) is 18.8 Å². The van der Waals surface area contributed by atoms with Crippen molar-refractivity contribution in [2.75, 3.05) is 18.4 Å². The molecule has 3 amide bonds. The van der Waals surface area contributed by atoms with E-state index in [0.717, 1.165) is 17.3 Å². The Morgan fingerprint density at radius 1 is 1.12 bits per heavy atom. The normalized spacial score (nSPS) is 13.3. The lowest BCUT2D eigenvalue weighted by molar-refractivity contribution is -0.135. The molecule has 3 N–H and O–H groups in total. The first kappa shape index (κ1) is 17.4. The molecule has 1 aliphatic heterocycles. The van der Waals surface area contributed by atoms with Crippen LogP contribution in [0.25, 0.3) is 0 Å². The summed E-state index contributed by atoms with van der Waals surface area (Å²) in [5.41, 5.74) is 6.27. The standard InChI is InChI=1S/C18H17FN4O3/c19-14-6-3-5-12(8-14)18(26)22-21-16(24)11-23-10-13-4-1-2-7-15(13)20-9-17(23)25/h1-8,20H,9-11H2,(H,21,24)(H,22,26). The number of carbonyl (C=O) groups excluding carboxylic acids is 3. The predicted octanol–water partition coefficient (Wildman–Crippen LogP) is 1.04. The van der Waals surface area contributed by atoms with E-state index in [-0.39, 0.29) is 31.1 Å². The molecular weight excluding hydrogens is 339 g/mol. The molecule has 0 saturated carbocycles. The Kier molecular flexibility index (Phi) is 5.12. The maximum Gasteiger partial charge on any atom is 0.269 e. The fourth-order valence-electron chi connectivity index (χ4n) is 2.59. The van der Waals surface area contributed by atoms with Gasteiger partial charge in [0.15, 0.2) is 0 Å². The van der Waals surface area contributed by atoms with E-state index in [1.165, 1.54) is 23.1 Å². The number of hydrazine groups is 1. The summed E-state index contributed by atoms with van der Waals surface area (Å²) in [6.45, 7) is 0.158. The van der Waals surface area contributed by atoms with Crippen molar-refractivity contribution in [2.24, 2.45) is 0 Å². The highest BCUT2D eigenvalue weighted by atomic mass is 19.1. The first-order valence-electron chi connectivity index (χ1n) is 7.97. The Labute approximate surface area is 149 Å². The van der Waals surface area contributed by atoms with Crippen LogP contribution in [0.4, 0.5) is 10.1 Å². The lowest BCUT2D eigenvalue weighted by Crippen LogP contribution is -2.47. The number of hydrogen-bond donors (Lipinski definition) is 3. The summed E-state index contributed by atoms with van der Waals surface area (Å²) in [4.78, 5) is 37.5. The Bertz CT molecular complexity index is 856. The van der Waals surface area contributed by atoms with Gasteiger partial charge in [-0.05, 0) is 29.8 Å². The Morgan fingerprint density at radius 3 is 2.73 bits per heavy atom. The summed E-state index contributed by atoms with van der Waals surface area (Å²) in [5.74, 6) is -1.98. The van der Waals surface area contributed by atoms with Crippen LogP contribution in [0, 0.1) is 5.82 Å². The van der Waals surface area contributed by atoms with Gasteiger partial charge in [0.25, 0.3) is 11.8 Å². The van der Waals surface area contributed by atoms with Crippen molar-refractivity contribution < 1.29 is 18.8 Å². The number of halogens is 1. The molecule has 2 aromatic rings. The SMILES string of the molecule is O=C(CN1Cc2ccccc2NCC1=O)NNC(=O)c1cccc(F)c1. The summed E-state index contributed by atoms with van der Waals surface area (Å²) in [6.07, 6.45) is 0. The molecule has 0 aromatic heterocycles. The topological polar surface area (TPSA) is 90.5 Å². The van der Waals surface area contributed by atoms with Gasteiger partial charge in [-0.1, -0.05) is 24.3 Å². The number of rotatable bonds is 3.